The zero-order valence-corrected chi connectivity index (χ0v) is 13.0. The summed E-state index contributed by atoms with van der Waals surface area (Å²) in [6.07, 6.45) is 0. The molecule has 116 valence electrons. The average Bonchev–Trinajstić information content (AvgIpc) is 3.31. The molecule has 5 heteroatoms. The lowest BCUT2D eigenvalue weighted by Crippen LogP contribution is -2.11. The van der Waals surface area contributed by atoms with Crippen LogP contribution in [0.25, 0.3) is 0 Å². The highest BCUT2D eigenvalue weighted by atomic mass is 32.2. The Morgan fingerprint density at radius 1 is 1.05 bits per heavy atom. The van der Waals surface area contributed by atoms with Crippen molar-refractivity contribution in [1.29, 1.82) is 0 Å². The van der Waals surface area contributed by atoms with Crippen molar-refractivity contribution in [3.63, 3.8) is 0 Å². The first-order chi connectivity index (χ1) is 10.6. The van der Waals surface area contributed by atoms with Gasteiger partial charge < -0.3 is 9.84 Å². The highest BCUT2D eigenvalue weighted by Gasteiger charge is 2.58. The third kappa shape index (κ3) is 2.51. The van der Waals surface area contributed by atoms with Crippen LogP contribution in [0.2, 0.25) is 0 Å². The van der Waals surface area contributed by atoms with E-state index in [-0.39, 0.29) is 18.4 Å². The van der Waals surface area contributed by atoms with Gasteiger partial charge in [0.2, 0.25) is 0 Å². The van der Waals surface area contributed by atoms with Crippen LogP contribution in [0, 0.1) is 5.92 Å². The molecular weight excluding hydrogens is 300 g/mol. The summed E-state index contributed by atoms with van der Waals surface area (Å²) in [6, 6.07) is 15.8. The molecular formula is C17H18O4S. The second-order valence-electron chi connectivity index (χ2n) is 5.47. The first kappa shape index (κ1) is 15.1. The molecule has 0 amide bonds. The summed E-state index contributed by atoms with van der Waals surface area (Å²) in [5.41, 5.74) is 0.921. The second-order valence-corrected chi connectivity index (χ2v) is 7.57. The van der Waals surface area contributed by atoms with Gasteiger partial charge in [0.15, 0.2) is 9.84 Å². The molecule has 2 aromatic carbocycles. The second kappa shape index (κ2) is 5.74. The molecule has 1 aliphatic carbocycles. The van der Waals surface area contributed by atoms with Crippen LogP contribution in [0.3, 0.4) is 0 Å². The van der Waals surface area contributed by atoms with Gasteiger partial charge in [-0.2, -0.15) is 0 Å². The minimum absolute atomic E-state index is 0.132. The SMILES string of the molecule is COc1ccc([C@@H]2[C@H](CO)[C@H]2S(=O)(=O)c2ccccc2)cc1. The smallest absolute Gasteiger partial charge is 0.182 e. The molecule has 0 bridgehead atoms. The van der Waals surface area contributed by atoms with E-state index < -0.39 is 15.1 Å². The van der Waals surface area contributed by atoms with E-state index in [0.29, 0.717) is 4.90 Å². The normalized spacial score (nSPS) is 24.0. The van der Waals surface area contributed by atoms with Crippen LogP contribution in [0.5, 0.6) is 5.75 Å². The molecule has 0 unspecified atom stereocenters. The van der Waals surface area contributed by atoms with Crippen molar-refractivity contribution in [3.05, 3.63) is 60.2 Å². The Bertz CT molecular complexity index is 738. The van der Waals surface area contributed by atoms with Crippen molar-refractivity contribution in [2.24, 2.45) is 5.92 Å². The zero-order valence-electron chi connectivity index (χ0n) is 12.2. The fourth-order valence-corrected chi connectivity index (χ4v) is 5.23. The highest BCUT2D eigenvalue weighted by molar-refractivity contribution is 7.92. The maximum Gasteiger partial charge on any atom is 0.182 e. The molecule has 2 aromatic rings. The Labute approximate surface area is 130 Å². The van der Waals surface area contributed by atoms with E-state index in [0.717, 1.165) is 11.3 Å². The first-order valence-corrected chi connectivity index (χ1v) is 8.68. The summed E-state index contributed by atoms with van der Waals surface area (Å²) in [4.78, 5) is 0.314. The van der Waals surface area contributed by atoms with E-state index in [1.807, 2.05) is 24.3 Å². The van der Waals surface area contributed by atoms with Gasteiger partial charge >= 0.3 is 0 Å². The molecule has 0 heterocycles. The third-order valence-electron chi connectivity index (χ3n) is 4.24. The number of methoxy groups -OCH3 is 1. The molecule has 0 saturated heterocycles. The summed E-state index contributed by atoms with van der Waals surface area (Å²) >= 11 is 0. The molecule has 0 spiro atoms. The lowest BCUT2D eigenvalue weighted by Gasteiger charge is -2.05. The summed E-state index contributed by atoms with van der Waals surface area (Å²) in [6.45, 7) is -0.132. The Morgan fingerprint density at radius 2 is 1.68 bits per heavy atom. The van der Waals surface area contributed by atoms with Crippen molar-refractivity contribution >= 4 is 9.84 Å². The standard InChI is InChI=1S/C17H18O4S/c1-21-13-9-7-12(8-10-13)16-15(11-18)17(16)22(19,20)14-5-3-2-4-6-14/h2-10,15-18H,11H2,1H3/t15-,16+,17+/m0/s1. The molecule has 0 aromatic heterocycles. The Morgan fingerprint density at radius 3 is 2.23 bits per heavy atom. The van der Waals surface area contributed by atoms with Crippen molar-refractivity contribution in [2.45, 2.75) is 16.1 Å². The molecule has 3 atom stereocenters. The molecule has 1 saturated carbocycles. The van der Waals surface area contributed by atoms with Crippen LogP contribution in [0.15, 0.2) is 59.5 Å². The fourth-order valence-electron chi connectivity index (χ4n) is 3.01. The predicted octanol–water partition coefficient (Wildman–Crippen LogP) is 2.24. The van der Waals surface area contributed by atoms with Crippen LogP contribution in [0.1, 0.15) is 11.5 Å². The number of rotatable bonds is 5. The minimum atomic E-state index is -3.43. The van der Waals surface area contributed by atoms with Gasteiger partial charge in [-0.05, 0) is 29.8 Å². The highest BCUT2D eigenvalue weighted by Crippen LogP contribution is 2.53. The van der Waals surface area contributed by atoms with E-state index in [1.54, 1.807) is 37.4 Å². The van der Waals surface area contributed by atoms with E-state index in [4.69, 9.17) is 4.74 Å². The Balaban J connectivity index is 1.91. The summed E-state index contributed by atoms with van der Waals surface area (Å²) in [7, 11) is -1.84. The van der Waals surface area contributed by atoms with Crippen LogP contribution >= 0.6 is 0 Å². The Hall–Kier alpha value is -1.85. The monoisotopic (exact) mass is 318 g/mol. The quantitative estimate of drug-likeness (QED) is 0.918. The topological polar surface area (TPSA) is 63.6 Å². The molecule has 1 N–H and O–H groups in total. The van der Waals surface area contributed by atoms with E-state index in [9.17, 15) is 13.5 Å². The number of hydrogen-bond acceptors (Lipinski definition) is 4. The van der Waals surface area contributed by atoms with Gasteiger partial charge in [-0.1, -0.05) is 30.3 Å². The number of aliphatic hydroxyl groups excluding tert-OH is 1. The summed E-state index contributed by atoms with van der Waals surface area (Å²) < 4.78 is 30.6. The van der Waals surface area contributed by atoms with E-state index in [1.165, 1.54) is 0 Å². The van der Waals surface area contributed by atoms with Crippen molar-refractivity contribution in [1.82, 2.24) is 0 Å². The summed E-state index contributed by atoms with van der Waals surface area (Å²) in [5.74, 6) is 0.312. The lowest BCUT2D eigenvalue weighted by atomic mass is 10.1. The van der Waals surface area contributed by atoms with Crippen LogP contribution in [0.4, 0.5) is 0 Å². The molecule has 22 heavy (non-hydrogen) atoms. The van der Waals surface area contributed by atoms with Gasteiger partial charge in [-0.15, -0.1) is 0 Å². The molecule has 1 fully saturated rings. The number of hydrogen-bond donors (Lipinski definition) is 1. The summed E-state index contributed by atoms with van der Waals surface area (Å²) in [5, 5.41) is 8.97. The van der Waals surface area contributed by atoms with Gasteiger partial charge in [0, 0.05) is 18.4 Å². The van der Waals surface area contributed by atoms with Crippen molar-refractivity contribution in [3.8, 4) is 5.75 Å². The molecule has 0 aliphatic heterocycles. The van der Waals surface area contributed by atoms with E-state index >= 15 is 0 Å². The third-order valence-corrected chi connectivity index (χ3v) is 6.53. The predicted molar refractivity (Wildman–Crippen MR) is 83.7 cm³/mol. The largest absolute Gasteiger partial charge is 0.497 e. The molecule has 4 nitrogen and oxygen atoms in total. The Kier molecular flexibility index (Phi) is 3.93. The van der Waals surface area contributed by atoms with Gasteiger partial charge in [-0.25, -0.2) is 8.42 Å². The molecule has 1 aliphatic rings. The van der Waals surface area contributed by atoms with Crippen LogP contribution < -0.4 is 4.74 Å². The minimum Gasteiger partial charge on any atom is -0.497 e. The fraction of sp³-hybridized carbons (Fsp3) is 0.294. The van der Waals surface area contributed by atoms with Gasteiger partial charge in [0.1, 0.15) is 5.75 Å². The number of sulfone groups is 1. The van der Waals surface area contributed by atoms with E-state index in [2.05, 4.69) is 0 Å². The van der Waals surface area contributed by atoms with Crippen molar-refractivity contribution in [2.75, 3.05) is 13.7 Å². The first-order valence-electron chi connectivity index (χ1n) is 7.13. The maximum absolute atomic E-state index is 12.7. The molecule has 0 radical (unpaired) electrons. The van der Waals surface area contributed by atoms with Crippen LogP contribution in [-0.2, 0) is 9.84 Å². The van der Waals surface area contributed by atoms with Gasteiger partial charge in [0.25, 0.3) is 0 Å². The van der Waals surface area contributed by atoms with Crippen molar-refractivity contribution < 1.29 is 18.3 Å². The average molecular weight is 318 g/mol. The number of ether oxygens (including phenoxy) is 1. The lowest BCUT2D eigenvalue weighted by molar-refractivity contribution is 0.274. The van der Waals surface area contributed by atoms with Crippen LogP contribution in [-0.4, -0.2) is 32.5 Å². The van der Waals surface area contributed by atoms with Gasteiger partial charge in [0.05, 0.1) is 17.3 Å². The number of aliphatic hydroxyl groups is 1. The zero-order chi connectivity index (χ0) is 15.7. The number of benzene rings is 2. The molecule has 3 rings (SSSR count). The maximum atomic E-state index is 12.7. The van der Waals surface area contributed by atoms with Gasteiger partial charge in [-0.3, -0.25) is 0 Å².